The lowest BCUT2D eigenvalue weighted by molar-refractivity contribution is -0.145. The van der Waals surface area contributed by atoms with Crippen molar-refractivity contribution in [3.05, 3.63) is 0 Å². The Hall–Kier alpha value is -0.580. The van der Waals surface area contributed by atoms with Gasteiger partial charge in [-0.2, -0.15) is 0 Å². The zero-order chi connectivity index (χ0) is 15.4. The third-order valence-electron chi connectivity index (χ3n) is 6.33. The van der Waals surface area contributed by atoms with Gasteiger partial charge in [0.25, 0.3) is 0 Å². The quantitative estimate of drug-likeness (QED) is 0.777. The summed E-state index contributed by atoms with van der Waals surface area (Å²) >= 11 is 3.94. The summed E-state index contributed by atoms with van der Waals surface area (Å²) in [5.41, 5.74) is -0.209. The van der Waals surface area contributed by atoms with E-state index in [1.165, 1.54) is 19.3 Å². The highest BCUT2D eigenvalue weighted by molar-refractivity contribution is 9.10. The Morgan fingerprint density at radius 1 is 1.09 bits per heavy atom. The Balaban J connectivity index is 1.41. The van der Waals surface area contributed by atoms with Crippen LogP contribution in [0.25, 0.3) is 0 Å². The molecule has 0 spiro atoms. The topological polar surface area (TPSA) is 49.4 Å². The number of alkyl halides is 1. The molecule has 4 aliphatic carbocycles. The molecule has 5 fully saturated rings. The zero-order valence-electron chi connectivity index (χ0n) is 13.1. The van der Waals surface area contributed by atoms with Crippen molar-refractivity contribution in [3.63, 3.8) is 0 Å². The number of likely N-dealkylation sites (tertiary alicyclic amines) is 1. The van der Waals surface area contributed by atoms with Crippen molar-refractivity contribution in [3.8, 4) is 0 Å². The van der Waals surface area contributed by atoms with Crippen LogP contribution in [0.3, 0.4) is 0 Å². The number of halogens is 1. The molecule has 0 aromatic heterocycles. The Morgan fingerprint density at radius 3 is 2.32 bits per heavy atom. The molecular weight excluding hydrogens is 344 g/mol. The normalized spacial score (nSPS) is 42.7. The Kier molecular flexibility index (Phi) is 3.55. The number of hydrogen-bond acceptors (Lipinski definition) is 2. The van der Waals surface area contributed by atoms with Gasteiger partial charge in [-0.15, -0.1) is 0 Å². The first kappa shape index (κ1) is 15.0. The lowest BCUT2D eigenvalue weighted by Gasteiger charge is -2.59. The first-order chi connectivity index (χ1) is 10.5. The molecule has 2 amide bonds. The molecule has 22 heavy (non-hydrogen) atoms. The fourth-order valence-corrected chi connectivity index (χ4v) is 7.29. The molecular formula is C17H25BrN2O2. The van der Waals surface area contributed by atoms with Crippen LogP contribution in [-0.4, -0.2) is 40.7 Å². The number of amides is 2. The van der Waals surface area contributed by atoms with Gasteiger partial charge in [0, 0.05) is 17.4 Å². The van der Waals surface area contributed by atoms with Gasteiger partial charge in [0.15, 0.2) is 0 Å². The van der Waals surface area contributed by atoms with Crippen LogP contribution in [0.2, 0.25) is 0 Å². The summed E-state index contributed by atoms with van der Waals surface area (Å²) in [5, 5.41) is 2.98. The van der Waals surface area contributed by atoms with Crippen LogP contribution in [0, 0.1) is 17.3 Å². The monoisotopic (exact) mass is 368 g/mol. The van der Waals surface area contributed by atoms with Gasteiger partial charge in [-0.05, 0) is 63.2 Å². The fraction of sp³-hybridized carbons (Fsp3) is 0.882. The van der Waals surface area contributed by atoms with E-state index < -0.39 is 0 Å². The number of nitrogens with zero attached hydrogens (tertiary/aromatic N) is 1. The van der Waals surface area contributed by atoms with Crippen LogP contribution < -0.4 is 5.32 Å². The maximum atomic E-state index is 12.9. The molecule has 1 aliphatic heterocycles. The second-order valence-electron chi connectivity index (χ2n) is 8.16. The minimum Gasteiger partial charge on any atom is -0.347 e. The van der Waals surface area contributed by atoms with Gasteiger partial charge in [-0.1, -0.05) is 15.9 Å². The van der Waals surface area contributed by atoms with Crippen molar-refractivity contribution in [2.45, 2.75) is 55.7 Å². The lowest BCUT2D eigenvalue weighted by Crippen LogP contribution is -2.58. The molecule has 4 bridgehead atoms. The molecule has 5 aliphatic rings. The van der Waals surface area contributed by atoms with Crippen LogP contribution in [0.1, 0.15) is 51.4 Å². The van der Waals surface area contributed by atoms with Crippen molar-refractivity contribution in [2.75, 3.05) is 19.6 Å². The van der Waals surface area contributed by atoms with Crippen molar-refractivity contribution in [1.29, 1.82) is 0 Å². The van der Waals surface area contributed by atoms with E-state index >= 15 is 0 Å². The molecule has 4 saturated carbocycles. The van der Waals surface area contributed by atoms with Crippen LogP contribution >= 0.6 is 15.9 Å². The number of carbonyl (C=O) groups is 2. The summed E-state index contributed by atoms with van der Waals surface area (Å²) < 4.78 is 0.188. The second-order valence-corrected chi connectivity index (χ2v) is 9.85. The van der Waals surface area contributed by atoms with Gasteiger partial charge in [0.1, 0.15) is 0 Å². The molecule has 4 nitrogen and oxygen atoms in total. The van der Waals surface area contributed by atoms with Gasteiger partial charge < -0.3 is 10.2 Å². The van der Waals surface area contributed by atoms with E-state index in [1.54, 1.807) is 0 Å². The fourth-order valence-electron chi connectivity index (χ4n) is 5.84. The molecule has 5 heteroatoms. The summed E-state index contributed by atoms with van der Waals surface area (Å²) in [6.07, 6.45) is 8.96. The van der Waals surface area contributed by atoms with Gasteiger partial charge in [-0.25, -0.2) is 0 Å². The van der Waals surface area contributed by atoms with Crippen LogP contribution in [0.15, 0.2) is 0 Å². The van der Waals surface area contributed by atoms with Crippen molar-refractivity contribution < 1.29 is 9.59 Å². The molecule has 1 N–H and O–H groups in total. The Bertz CT molecular complexity index is 487. The molecule has 0 radical (unpaired) electrons. The van der Waals surface area contributed by atoms with E-state index in [4.69, 9.17) is 0 Å². The standard InChI is InChI=1S/C17H25BrN2O2/c18-17-8-12-5-13(9-17)7-16(6-12,11-17)15(22)19-10-14(21)20-3-1-2-4-20/h12-13H,1-11H2,(H,19,22). The third kappa shape index (κ3) is 2.49. The first-order valence-corrected chi connectivity index (χ1v) is 9.52. The average molecular weight is 369 g/mol. The Labute approximate surface area is 140 Å². The highest BCUT2D eigenvalue weighted by atomic mass is 79.9. The number of carbonyl (C=O) groups excluding carboxylic acids is 2. The van der Waals surface area contributed by atoms with E-state index in [9.17, 15) is 9.59 Å². The van der Waals surface area contributed by atoms with Crippen LogP contribution in [-0.2, 0) is 9.59 Å². The Morgan fingerprint density at radius 2 is 1.73 bits per heavy atom. The van der Waals surface area contributed by atoms with E-state index in [2.05, 4.69) is 21.2 Å². The van der Waals surface area contributed by atoms with Gasteiger partial charge in [-0.3, -0.25) is 9.59 Å². The summed E-state index contributed by atoms with van der Waals surface area (Å²) in [5.74, 6) is 1.61. The largest absolute Gasteiger partial charge is 0.347 e. The van der Waals surface area contributed by atoms with E-state index in [0.717, 1.165) is 45.2 Å². The number of nitrogens with one attached hydrogen (secondary N) is 1. The smallest absolute Gasteiger partial charge is 0.241 e. The summed E-state index contributed by atoms with van der Waals surface area (Å²) in [4.78, 5) is 26.9. The highest BCUT2D eigenvalue weighted by Crippen LogP contribution is 2.64. The maximum Gasteiger partial charge on any atom is 0.241 e. The van der Waals surface area contributed by atoms with E-state index in [-0.39, 0.29) is 28.1 Å². The summed E-state index contributed by atoms with van der Waals surface area (Å²) in [6.45, 7) is 1.90. The average Bonchev–Trinajstić information content (AvgIpc) is 2.95. The SMILES string of the molecule is O=C(CNC(=O)C12CC3CC(CC(Br)(C3)C1)C2)N1CCCC1. The molecule has 1 heterocycles. The minimum absolute atomic E-state index is 0.0872. The first-order valence-electron chi connectivity index (χ1n) is 8.73. The highest BCUT2D eigenvalue weighted by Gasteiger charge is 2.59. The summed E-state index contributed by atoms with van der Waals surface area (Å²) in [7, 11) is 0. The number of hydrogen-bond donors (Lipinski definition) is 1. The van der Waals surface area contributed by atoms with Crippen molar-refractivity contribution in [1.82, 2.24) is 10.2 Å². The molecule has 0 aromatic rings. The van der Waals surface area contributed by atoms with Crippen LogP contribution in [0.4, 0.5) is 0 Å². The predicted molar refractivity (Wildman–Crippen MR) is 87.6 cm³/mol. The van der Waals surface area contributed by atoms with Gasteiger partial charge in [0.05, 0.1) is 12.0 Å². The molecule has 2 atom stereocenters. The van der Waals surface area contributed by atoms with E-state index in [1.807, 2.05) is 4.90 Å². The van der Waals surface area contributed by atoms with Gasteiger partial charge in [0.2, 0.25) is 11.8 Å². The molecule has 122 valence electrons. The van der Waals surface area contributed by atoms with Crippen molar-refractivity contribution in [2.24, 2.45) is 17.3 Å². The lowest BCUT2D eigenvalue weighted by atomic mass is 9.49. The van der Waals surface area contributed by atoms with Crippen molar-refractivity contribution >= 4 is 27.7 Å². The molecule has 0 aromatic carbocycles. The third-order valence-corrected chi connectivity index (χ3v) is 7.26. The minimum atomic E-state index is -0.209. The molecule has 5 rings (SSSR count). The second kappa shape index (κ2) is 5.22. The van der Waals surface area contributed by atoms with Gasteiger partial charge >= 0.3 is 0 Å². The molecule has 2 unspecified atom stereocenters. The maximum absolute atomic E-state index is 12.9. The van der Waals surface area contributed by atoms with E-state index in [0.29, 0.717) is 11.8 Å². The molecule has 1 saturated heterocycles. The van der Waals surface area contributed by atoms with Crippen LogP contribution in [0.5, 0.6) is 0 Å². The number of rotatable bonds is 3. The predicted octanol–water partition coefficient (Wildman–Crippen LogP) is 2.46. The summed E-state index contributed by atoms with van der Waals surface area (Å²) in [6, 6.07) is 0. The zero-order valence-corrected chi connectivity index (χ0v) is 14.7.